The van der Waals surface area contributed by atoms with E-state index in [4.69, 9.17) is 9.47 Å². The van der Waals surface area contributed by atoms with Crippen LogP contribution in [-0.2, 0) is 0 Å². The van der Waals surface area contributed by atoms with Gasteiger partial charge in [0.25, 0.3) is 5.91 Å². The molecule has 1 aromatic heterocycles. The first kappa shape index (κ1) is 18.9. The van der Waals surface area contributed by atoms with Crippen molar-refractivity contribution in [2.75, 3.05) is 6.61 Å². The summed E-state index contributed by atoms with van der Waals surface area (Å²) in [5, 5.41) is 4.87. The summed E-state index contributed by atoms with van der Waals surface area (Å²) in [6.45, 7) is 10.1. The van der Waals surface area contributed by atoms with Crippen LogP contribution in [0.25, 0.3) is 0 Å². The monoisotopic (exact) mass is 361 g/mol. The molecule has 0 spiro atoms. The van der Waals surface area contributed by atoms with E-state index in [2.05, 4.69) is 15.5 Å². The zero-order valence-electron chi connectivity index (χ0n) is 15.1. The van der Waals surface area contributed by atoms with Gasteiger partial charge in [-0.05, 0) is 58.4 Å². The summed E-state index contributed by atoms with van der Waals surface area (Å²) in [4.78, 5) is 16.9. The predicted molar refractivity (Wildman–Crippen MR) is 100 cm³/mol. The molecule has 0 atom stereocenters. The number of nitrogens with one attached hydrogen (secondary N) is 1. The standard InChI is InChI=1S/C18H23N3O3S/c1-6-23-16-9-14(7-8-15(16)24-11(2)3)10-19-21-18(22)17-12(4)20-13(5)25-17/h7-11H,6H2,1-5H3,(H,21,22)/b19-10+. The summed E-state index contributed by atoms with van der Waals surface area (Å²) in [7, 11) is 0. The minimum Gasteiger partial charge on any atom is -0.490 e. The maximum absolute atomic E-state index is 12.1. The third-order valence-corrected chi connectivity index (χ3v) is 4.19. The number of aromatic nitrogens is 1. The van der Waals surface area contributed by atoms with Gasteiger partial charge in [0, 0.05) is 0 Å². The van der Waals surface area contributed by atoms with E-state index < -0.39 is 0 Å². The van der Waals surface area contributed by atoms with Crippen LogP contribution in [0.1, 0.15) is 46.7 Å². The second-order valence-corrected chi connectivity index (χ2v) is 6.86. The third-order valence-electron chi connectivity index (χ3n) is 3.12. The van der Waals surface area contributed by atoms with Crippen molar-refractivity contribution in [1.82, 2.24) is 10.4 Å². The highest BCUT2D eigenvalue weighted by molar-refractivity contribution is 7.13. The average molecular weight is 361 g/mol. The average Bonchev–Trinajstić information content (AvgIpc) is 2.88. The molecule has 2 rings (SSSR count). The van der Waals surface area contributed by atoms with E-state index in [0.29, 0.717) is 28.7 Å². The number of amides is 1. The molecule has 134 valence electrons. The van der Waals surface area contributed by atoms with Crippen LogP contribution in [0.2, 0.25) is 0 Å². The molecule has 2 aromatic rings. The second-order valence-electron chi connectivity index (χ2n) is 5.65. The van der Waals surface area contributed by atoms with Gasteiger partial charge in [-0.15, -0.1) is 11.3 Å². The number of carbonyl (C=O) groups excluding carboxylic acids is 1. The zero-order chi connectivity index (χ0) is 18.4. The molecule has 7 heteroatoms. The highest BCUT2D eigenvalue weighted by Crippen LogP contribution is 2.29. The summed E-state index contributed by atoms with van der Waals surface area (Å²) in [5.41, 5.74) is 4.04. The number of hydrogen-bond acceptors (Lipinski definition) is 6. The molecule has 0 fully saturated rings. The molecule has 0 radical (unpaired) electrons. The Bertz CT molecular complexity index is 769. The number of ether oxygens (including phenoxy) is 2. The minimum atomic E-state index is -0.260. The Balaban J connectivity index is 2.08. The molecule has 0 saturated carbocycles. The lowest BCUT2D eigenvalue weighted by Gasteiger charge is -2.14. The Morgan fingerprint density at radius 3 is 2.72 bits per heavy atom. The fourth-order valence-electron chi connectivity index (χ4n) is 2.18. The quantitative estimate of drug-likeness (QED) is 0.603. The lowest BCUT2D eigenvalue weighted by Crippen LogP contribution is -2.17. The Kier molecular flexibility index (Phi) is 6.52. The molecule has 6 nitrogen and oxygen atoms in total. The van der Waals surface area contributed by atoms with Crippen molar-refractivity contribution in [3.05, 3.63) is 39.3 Å². The fraction of sp³-hybridized carbons (Fsp3) is 0.389. The molecule has 0 unspecified atom stereocenters. The zero-order valence-corrected chi connectivity index (χ0v) is 15.9. The van der Waals surface area contributed by atoms with Gasteiger partial charge in [-0.1, -0.05) is 0 Å². The van der Waals surface area contributed by atoms with Gasteiger partial charge in [0.05, 0.1) is 29.6 Å². The maximum Gasteiger partial charge on any atom is 0.283 e. The summed E-state index contributed by atoms with van der Waals surface area (Å²) in [6.07, 6.45) is 1.63. The number of nitrogens with zero attached hydrogens (tertiary/aromatic N) is 2. The molecule has 0 bridgehead atoms. The van der Waals surface area contributed by atoms with Gasteiger partial charge < -0.3 is 9.47 Å². The van der Waals surface area contributed by atoms with Crippen LogP contribution >= 0.6 is 11.3 Å². The minimum absolute atomic E-state index is 0.0594. The lowest BCUT2D eigenvalue weighted by atomic mass is 10.2. The van der Waals surface area contributed by atoms with Gasteiger partial charge in [0.2, 0.25) is 0 Å². The maximum atomic E-state index is 12.1. The van der Waals surface area contributed by atoms with E-state index in [1.54, 1.807) is 6.21 Å². The van der Waals surface area contributed by atoms with Crippen molar-refractivity contribution in [3.63, 3.8) is 0 Å². The number of aryl methyl sites for hydroxylation is 2. The van der Waals surface area contributed by atoms with Gasteiger partial charge in [-0.3, -0.25) is 4.79 Å². The lowest BCUT2D eigenvalue weighted by molar-refractivity contribution is 0.0958. The molecule has 25 heavy (non-hydrogen) atoms. The van der Waals surface area contributed by atoms with Crippen LogP contribution in [0, 0.1) is 13.8 Å². The van der Waals surface area contributed by atoms with E-state index >= 15 is 0 Å². The van der Waals surface area contributed by atoms with Crippen molar-refractivity contribution in [2.24, 2.45) is 5.10 Å². The van der Waals surface area contributed by atoms with E-state index in [-0.39, 0.29) is 12.0 Å². The van der Waals surface area contributed by atoms with Crippen molar-refractivity contribution in [2.45, 2.75) is 40.7 Å². The highest BCUT2D eigenvalue weighted by Gasteiger charge is 2.13. The van der Waals surface area contributed by atoms with Crippen LogP contribution in [0.15, 0.2) is 23.3 Å². The largest absolute Gasteiger partial charge is 0.490 e. The summed E-state index contributed by atoms with van der Waals surface area (Å²) in [5.74, 6) is 1.08. The SMILES string of the molecule is CCOc1cc(/C=N/NC(=O)c2sc(C)nc2C)ccc1OC(C)C. The first-order valence-electron chi connectivity index (χ1n) is 8.11. The number of benzene rings is 1. The number of hydrazone groups is 1. The molecule has 0 aliphatic heterocycles. The molecule has 0 aliphatic rings. The molecule has 0 aliphatic carbocycles. The topological polar surface area (TPSA) is 72.8 Å². The van der Waals surface area contributed by atoms with Crippen molar-refractivity contribution < 1.29 is 14.3 Å². The van der Waals surface area contributed by atoms with E-state index in [9.17, 15) is 4.79 Å². The molecule has 0 saturated heterocycles. The van der Waals surface area contributed by atoms with Crippen molar-refractivity contribution in [3.8, 4) is 11.5 Å². The summed E-state index contributed by atoms with van der Waals surface area (Å²) in [6, 6.07) is 5.53. The van der Waals surface area contributed by atoms with Crippen LogP contribution < -0.4 is 14.9 Å². The highest BCUT2D eigenvalue weighted by atomic mass is 32.1. The number of rotatable bonds is 7. The molecule has 1 aromatic carbocycles. The van der Waals surface area contributed by atoms with Crippen LogP contribution in [-0.4, -0.2) is 29.8 Å². The predicted octanol–water partition coefficient (Wildman–Crippen LogP) is 3.71. The van der Waals surface area contributed by atoms with Gasteiger partial charge in [0.15, 0.2) is 11.5 Å². The first-order valence-corrected chi connectivity index (χ1v) is 8.93. The molecular formula is C18H23N3O3S. The smallest absolute Gasteiger partial charge is 0.283 e. The van der Waals surface area contributed by atoms with Gasteiger partial charge in [-0.2, -0.15) is 5.10 Å². The van der Waals surface area contributed by atoms with Crippen molar-refractivity contribution >= 4 is 23.5 Å². The van der Waals surface area contributed by atoms with E-state index in [1.807, 2.05) is 52.8 Å². The van der Waals surface area contributed by atoms with E-state index in [1.165, 1.54) is 11.3 Å². The van der Waals surface area contributed by atoms with Crippen LogP contribution in [0.3, 0.4) is 0 Å². The number of hydrogen-bond donors (Lipinski definition) is 1. The molecule has 1 amide bonds. The van der Waals surface area contributed by atoms with Gasteiger partial charge >= 0.3 is 0 Å². The third kappa shape index (κ3) is 5.29. The Hall–Kier alpha value is -2.41. The number of carbonyl (C=O) groups is 1. The summed E-state index contributed by atoms with van der Waals surface area (Å²) >= 11 is 1.35. The molecular weight excluding hydrogens is 338 g/mol. The Morgan fingerprint density at radius 1 is 1.36 bits per heavy atom. The normalized spacial score (nSPS) is 11.1. The van der Waals surface area contributed by atoms with Crippen LogP contribution in [0.4, 0.5) is 0 Å². The van der Waals surface area contributed by atoms with Gasteiger partial charge in [-0.25, -0.2) is 10.4 Å². The Morgan fingerprint density at radius 2 is 2.12 bits per heavy atom. The first-order chi connectivity index (χ1) is 11.9. The number of thiazole rings is 1. The van der Waals surface area contributed by atoms with Crippen molar-refractivity contribution in [1.29, 1.82) is 0 Å². The second kappa shape index (κ2) is 8.62. The van der Waals surface area contributed by atoms with Crippen LogP contribution in [0.5, 0.6) is 11.5 Å². The van der Waals surface area contributed by atoms with Gasteiger partial charge in [0.1, 0.15) is 4.88 Å². The Labute approximate surface area is 151 Å². The molecule has 1 heterocycles. The molecule has 1 N–H and O–H groups in total. The van der Waals surface area contributed by atoms with E-state index in [0.717, 1.165) is 10.6 Å². The fourth-order valence-corrected chi connectivity index (χ4v) is 2.99. The summed E-state index contributed by atoms with van der Waals surface area (Å²) < 4.78 is 11.3.